The molecule has 3 rings (SSSR count). The van der Waals surface area contributed by atoms with Crippen LogP contribution in [0.2, 0.25) is 5.02 Å². The van der Waals surface area contributed by atoms with Crippen molar-refractivity contribution in [1.29, 1.82) is 0 Å². The number of hydrogen-bond donors (Lipinski definition) is 2. The van der Waals surface area contributed by atoms with Crippen molar-refractivity contribution in [2.24, 2.45) is 0 Å². The number of aromatic nitrogens is 1. The molecule has 0 aliphatic heterocycles. The van der Waals surface area contributed by atoms with Crippen LogP contribution >= 0.6 is 11.6 Å². The topological polar surface area (TPSA) is 71.1 Å². The van der Waals surface area contributed by atoms with Crippen LogP contribution in [0.25, 0.3) is 0 Å². The van der Waals surface area contributed by atoms with Crippen molar-refractivity contribution in [1.82, 2.24) is 10.3 Å². The van der Waals surface area contributed by atoms with Gasteiger partial charge in [0.2, 0.25) is 0 Å². The van der Waals surface area contributed by atoms with Gasteiger partial charge in [0.15, 0.2) is 0 Å². The van der Waals surface area contributed by atoms with E-state index >= 15 is 0 Å². The van der Waals surface area contributed by atoms with Crippen molar-refractivity contribution in [2.45, 2.75) is 25.8 Å². The molecular weight excluding hydrogens is 314 g/mol. The molecule has 6 heteroatoms. The Bertz CT molecular complexity index is 772. The lowest BCUT2D eigenvalue weighted by molar-refractivity contribution is 0.0946. The molecule has 0 unspecified atom stereocenters. The summed E-state index contributed by atoms with van der Waals surface area (Å²) in [4.78, 5) is 28.4. The number of nitrogens with one attached hydrogen (secondary N) is 2. The summed E-state index contributed by atoms with van der Waals surface area (Å²) in [6, 6.07) is 10.3. The first-order valence-electron chi connectivity index (χ1n) is 7.38. The van der Waals surface area contributed by atoms with E-state index in [-0.39, 0.29) is 29.2 Å². The number of aryl methyl sites for hydroxylation is 1. The predicted octanol–water partition coefficient (Wildman–Crippen LogP) is 3.19. The minimum atomic E-state index is -0.383. The second kappa shape index (κ2) is 6.38. The monoisotopic (exact) mass is 329 g/mol. The Balaban J connectivity index is 1.73. The standard InChI is InChI=1S/C17H16ClN3O2/c1-10-5-6-12(9-13(10)18)20-17(23)15-4-2-3-14(21-15)16(22)19-11-7-8-11/h2-6,9,11H,7-8H2,1H3,(H,19,22)(H,20,23). The molecule has 0 bridgehead atoms. The molecule has 0 saturated heterocycles. The van der Waals surface area contributed by atoms with Gasteiger partial charge in [-0.3, -0.25) is 9.59 Å². The highest BCUT2D eigenvalue weighted by Crippen LogP contribution is 2.21. The molecule has 118 valence electrons. The number of pyridine rings is 1. The molecular formula is C17H16ClN3O2. The van der Waals surface area contributed by atoms with Gasteiger partial charge in [-0.1, -0.05) is 23.7 Å². The molecule has 1 aromatic heterocycles. The lowest BCUT2D eigenvalue weighted by atomic mass is 10.2. The number of anilines is 1. The first kappa shape index (κ1) is 15.5. The Morgan fingerprint density at radius 2 is 1.83 bits per heavy atom. The zero-order chi connectivity index (χ0) is 16.4. The summed E-state index contributed by atoms with van der Waals surface area (Å²) in [6.45, 7) is 1.89. The maximum atomic E-state index is 12.3. The van der Waals surface area contributed by atoms with E-state index in [2.05, 4.69) is 15.6 Å². The fourth-order valence-corrected chi connectivity index (χ4v) is 2.22. The van der Waals surface area contributed by atoms with Crippen LogP contribution in [-0.2, 0) is 0 Å². The van der Waals surface area contributed by atoms with Gasteiger partial charge in [-0.25, -0.2) is 4.98 Å². The van der Waals surface area contributed by atoms with Gasteiger partial charge in [-0.15, -0.1) is 0 Å². The van der Waals surface area contributed by atoms with E-state index < -0.39 is 0 Å². The third kappa shape index (κ3) is 3.87. The lowest BCUT2D eigenvalue weighted by Crippen LogP contribution is -2.27. The van der Waals surface area contributed by atoms with E-state index in [0.717, 1.165) is 18.4 Å². The van der Waals surface area contributed by atoms with E-state index in [4.69, 9.17) is 11.6 Å². The van der Waals surface area contributed by atoms with Crippen LogP contribution in [0.3, 0.4) is 0 Å². The van der Waals surface area contributed by atoms with E-state index in [1.807, 2.05) is 13.0 Å². The predicted molar refractivity (Wildman–Crippen MR) is 88.9 cm³/mol. The van der Waals surface area contributed by atoms with Crippen molar-refractivity contribution in [3.63, 3.8) is 0 Å². The minimum absolute atomic E-state index is 0.185. The third-order valence-electron chi connectivity index (χ3n) is 3.56. The normalized spacial score (nSPS) is 13.5. The molecule has 2 aromatic rings. The third-order valence-corrected chi connectivity index (χ3v) is 3.96. The number of benzene rings is 1. The van der Waals surface area contributed by atoms with E-state index in [1.165, 1.54) is 0 Å². The molecule has 2 amide bonds. The summed E-state index contributed by atoms with van der Waals surface area (Å²) < 4.78 is 0. The Labute approximate surface area is 139 Å². The zero-order valence-corrected chi connectivity index (χ0v) is 13.4. The number of carbonyl (C=O) groups is 2. The van der Waals surface area contributed by atoms with Gasteiger partial charge in [-0.05, 0) is 49.6 Å². The molecule has 1 saturated carbocycles. The maximum Gasteiger partial charge on any atom is 0.274 e. The average Bonchev–Trinajstić information content (AvgIpc) is 3.35. The molecule has 1 fully saturated rings. The molecule has 0 radical (unpaired) electrons. The second-order valence-corrected chi connectivity index (χ2v) is 5.98. The van der Waals surface area contributed by atoms with Crippen LogP contribution in [0, 0.1) is 6.92 Å². The molecule has 1 aliphatic carbocycles. The number of rotatable bonds is 4. The van der Waals surface area contributed by atoms with E-state index in [9.17, 15) is 9.59 Å². The van der Waals surface area contributed by atoms with Gasteiger partial charge in [0.05, 0.1) is 0 Å². The van der Waals surface area contributed by atoms with Gasteiger partial charge >= 0.3 is 0 Å². The van der Waals surface area contributed by atoms with Crippen molar-refractivity contribution in [2.75, 3.05) is 5.32 Å². The highest BCUT2D eigenvalue weighted by atomic mass is 35.5. The Hall–Kier alpha value is -2.40. The smallest absolute Gasteiger partial charge is 0.274 e. The quantitative estimate of drug-likeness (QED) is 0.905. The molecule has 5 nitrogen and oxygen atoms in total. The van der Waals surface area contributed by atoms with Crippen LogP contribution < -0.4 is 10.6 Å². The number of amides is 2. The van der Waals surface area contributed by atoms with Gasteiger partial charge in [0.1, 0.15) is 11.4 Å². The molecule has 2 N–H and O–H groups in total. The van der Waals surface area contributed by atoms with Gasteiger partial charge in [0, 0.05) is 16.8 Å². The minimum Gasteiger partial charge on any atom is -0.348 e. The van der Waals surface area contributed by atoms with Gasteiger partial charge < -0.3 is 10.6 Å². The largest absolute Gasteiger partial charge is 0.348 e. The summed E-state index contributed by atoms with van der Waals surface area (Å²) in [7, 11) is 0. The zero-order valence-electron chi connectivity index (χ0n) is 12.6. The number of nitrogens with zero attached hydrogens (tertiary/aromatic N) is 1. The fraction of sp³-hybridized carbons (Fsp3) is 0.235. The Kier molecular flexibility index (Phi) is 4.30. The van der Waals surface area contributed by atoms with Crippen LogP contribution in [0.15, 0.2) is 36.4 Å². The summed E-state index contributed by atoms with van der Waals surface area (Å²) in [5.74, 6) is -0.633. The van der Waals surface area contributed by atoms with Crippen LogP contribution in [0.5, 0.6) is 0 Å². The molecule has 1 aromatic carbocycles. The van der Waals surface area contributed by atoms with Crippen LogP contribution in [0.4, 0.5) is 5.69 Å². The highest BCUT2D eigenvalue weighted by Gasteiger charge is 2.24. The van der Waals surface area contributed by atoms with Crippen LogP contribution in [-0.4, -0.2) is 22.8 Å². The van der Waals surface area contributed by atoms with Gasteiger partial charge in [-0.2, -0.15) is 0 Å². The number of hydrogen-bond acceptors (Lipinski definition) is 3. The number of halogens is 1. The molecule has 0 spiro atoms. The van der Waals surface area contributed by atoms with Gasteiger partial charge in [0.25, 0.3) is 11.8 Å². The van der Waals surface area contributed by atoms with Crippen molar-refractivity contribution < 1.29 is 9.59 Å². The first-order chi connectivity index (χ1) is 11.0. The maximum absolute atomic E-state index is 12.3. The fourth-order valence-electron chi connectivity index (χ4n) is 2.04. The SMILES string of the molecule is Cc1ccc(NC(=O)c2cccc(C(=O)NC3CC3)n2)cc1Cl. The van der Waals surface area contributed by atoms with E-state index in [1.54, 1.807) is 30.3 Å². The summed E-state index contributed by atoms with van der Waals surface area (Å²) in [5, 5.41) is 6.15. The van der Waals surface area contributed by atoms with Crippen molar-refractivity contribution >= 4 is 29.1 Å². The average molecular weight is 330 g/mol. The molecule has 0 atom stereocenters. The molecule has 1 heterocycles. The molecule has 23 heavy (non-hydrogen) atoms. The van der Waals surface area contributed by atoms with Crippen LogP contribution in [0.1, 0.15) is 39.4 Å². The lowest BCUT2D eigenvalue weighted by Gasteiger charge is -2.08. The highest BCUT2D eigenvalue weighted by molar-refractivity contribution is 6.31. The van der Waals surface area contributed by atoms with Crippen molar-refractivity contribution in [3.8, 4) is 0 Å². The second-order valence-electron chi connectivity index (χ2n) is 5.57. The Morgan fingerprint density at radius 1 is 1.13 bits per heavy atom. The van der Waals surface area contributed by atoms with E-state index in [0.29, 0.717) is 10.7 Å². The first-order valence-corrected chi connectivity index (χ1v) is 7.76. The molecule has 1 aliphatic rings. The number of carbonyl (C=O) groups excluding carboxylic acids is 2. The Morgan fingerprint density at radius 3 is 2.48 bits per heavy atom. The van der Waals surface area contributed by atoms with Crippen molar-refractivity contribution in [3.05, 3.63) is 58.4 Å². The summed E-state index contributed by atoms with van der Waals surface area (Å²) in [5.41, 5.74) is 1.94. The summed E-state index contributed by atoms with van der Waals surface area (Å²) >= 11 is 6.04. The summed E-state index contributed by atoms with van der Waals surface area (Å²) in [6.07, 6.45) is 2.00.